The predicted octanol–water partition coefficient (Wildman–Crippen LogP) is 3.90. The minimum atomic E-state index is -0.235. The maximum absolute atomic E-state index is 12.8. The minimum absolute atomic E-state index is 0.235. The van der Waals surface area contributed by atoms with Crippen LogP contribution in [0.15, 0.2) is 36.7 Å². The highest BCUT2D eigenvalue weighted by atomic mass is 35.5. The van der Waals surface area contributed by atoms with Crippen molar-refractivity contribution in [1.82, 2.24) is 14.4 Å². The Morgan fingerprint density at radius 1 is 1.35 bits per heavy atom. The quantitative estimate of drug-likeness (QED) is 0.739. The van der Waals surface area contributed by atoms with Gasteiger partial charge in [0.15, 0.2) is 5.15 Å². The molecule has 0 aliphatic heterocycles. The van der Waals surface area contributed by atoms with E-state index in [0.717, 1.165) is 29.7 Å². The smallest absolute Gasteiger partial charge is 0.274 e. The van der Waals surface area contributed by atoms with Crippen molar-refractivity contribution in [1.29, 1.82) is 0 Å². The van der Waals surface area contributed by atoms with Gasteiger partial charge in [0.2, 0.25) is 0 Å². The summed E-state index contributed by atoms with van der Waals surface area (Å²) in [4.78, 5) is 21.4. The fourth-order valence-electron chi connectivity index (χ4n) is 2.56. The number of hydrogen-bond acceptors (Lipinski definition) is 3. The van der Waals surface area contributed by atoms with Gasteiger partial charge >= 0.3 is 0 Å². The lowest BCUT2D eigenvalue weighted by atomic mass is 10.2. The van der Waals surface area contributed by atoms with Crippen molar-refractivity contribution < 1.29 is 4.79 Å². The maximum Gasteiger partial charge on any atom is 0.274 e. The van der Waals surface area contributed by atoms with Crippen LogP contribution in [0.5, 0.6) is 0 Å². The third-order valence-corrected chi connectivity index (χ3v) is 3.93. The summed E-state index contributed by atoms with van der Waals surface area (Å²) in [5.41, 5.74) is 3.66. The molecule has 0 saturated carbocycles. The largest absolute Gasteiger partial charge is 0.318 e. The lowest BCUT2D eigenvalue weighted by Crippen LogP contribution is -2.17. The number of nitrogens with zero attached hydrogens (tertiary/aromatic N) is 3. The molecule has 0 unspecified atom stereocenters. The molecule has 0 aliphatic carbocycles. The van der Waals surface area contributed by atoms with E-state index in [2.05, 4.69) is 22.2 Å². The van der Waals surface area contributed by atoms with Crippen LogP contribution in [0.3, 0.4) is 0 Å². The molecule has 0 bridgehead atoms. The summed E-state index contributed by atoms with van der Waals surface area (Å²) in [6.45, 7) is 4.05. The number of carbonyl (C=O) groups is 1. The van der Waals surface area contributed by atoms with Crippen molar-refractivity contribution in [2.24, 2.45) is 0 Å². The number of aromatic nitrogens is 3. The Bertz CT molecular complexity index is 872. The van der Waals surface area contributed by atoms with Crippen molar-refractivity contribution in [3.05, 3.63) is 58.8 Å². The molecule has 3 aromatic rings. The van der Waals surface area contributed by atoms with E-state index < -0.39 is 0 Å². The topological polar surface area (TPSA) is 59.3 Å². The van der Waals surface area contributed by atoms with E-state index in [1.54, 1.807) is 18.3 Å². The third kappa shape index (κ3) is 2.92. The Hall–Kier alpha value is -2.40. The standard InChI is InChI=1S/C17H17ClN4O/c1-3-6-12-14(22-10-5-7-11(2)16(22)20-12)17(23)21-13-8-4-9-19-15(13)18/h4-5,7-10H,3,6H2,1-2H3,(H,21,23). The summed E-state index contributed by atoms with van der Waals surface area (Å²) in [5, 5.41) is 3.10. The predicted molar refractivity (Wildman–Crippen MR) is 91.1 cm³/mol. The van der Waals surface area contributed by atoms with E-state index in [9.17, 15) is 4.79 Å². The first-order valence-corrected chi connectivity index (χ1v) is 7.88. The number of fused-ring (bicyclic) bond motifs is 1. The number of aryl methyl sites for hydroxylation is 2. The van der Waals surface area contributed by atoms with Crippen LogP contribution < -0.4 is 5.32 Å². The zero-order valence-corrected chi connectivity index (χ0v) is 13.8. The molecule has 6 heteroatoms. The molecule has 0 fully saturated rings. The normalized spacial score (nSPS) is 10.9. The molecule has 3 rings (SSSR count). The van der Waals surface area contributed by atoms with Crippen molar-refractivity contribution in [3.8, 4) is 0 Å². The molecule has 118 valence electrons. The first kappa shape index (κ1) is 15.5. The number of nitrogens with one attached hydrogen (secondary N) is 1. The van der Waals surface area contributed by atoms with E-state index >= 15 is 0 Å². The summed E-state index contributed by atoms with van der Waals surface area (Å²) in [6.07, 6.45) is 5.09. The fourth-order valence-corrected chi connectivity index (χ4v) is 2.73. The summed E-state index contributed by atoms with van der Waals surface area (Å²) in [6, 6.07) is 7.35. The van der Waals surface area contributed by atoms with Crippen molar-refractivity contribution in [2.45, 2.75) is 26.7 Å². The Kier molecular flexibility index (Phi) is 4.30. The number of rotatable bonds is 4. The lowest BCUT2D eigenvalue weighted by Gasteiger charge is -2.08. The van der Waals surface area contributed by atoms with Crippen LogP contribution in [0.25, 0.3) is 5.65 Å². The molecule has 0 saturated heterocycles. The van der Waals surface area contributed by atoms with E-state index in [1.807, 2.05) is 29.7 Å². The van der Waals surface area contributed by atoms with Gasteiger partial charge in [-0.1, -0.05) is 31.0 Å². The molecule has 23 heavy (non-hydrogen) atoms. The summed E-state index contributed by atoms with van der Waals surface area (Å²) < 4.78 is 1.83. The van der Waals surface area contributed by atoms with Crippen molar-refractivity contribution >= 4 is 28.8 Å². The van der Waals surface area contributed by atoms with Crippen LogP contribution in [0.2, 0.25) is 5.15 Å². The molecule has 0 aliphatic rings. The number of halogens is 1. The molecular formula is C17H17ClN4O. The molecule has 5 nitrogen and oxygen atoms in total. The average Bonchev–Trinajstić information content (AvgIpc) is 2.90. The van der Waals surface area contributed by atoms with E-state index in [-0.39, 0.29) is 11.1 Å². The average molecular weight is 329 g/mol. The first-order valence-electron chi connectivity index (χ1n) is 7.50. The number of imidazole rings is 1. The van der Waals surface area contributed by atoms with Crippen LogP contribution in [0.1, 0.15) is 35.1 Å². The SMILES string of the molecule is CCCc1nc2c(C)cccn2c1C(=O)Nc1cccnc1Cl. The van der Waals surface area contributed by atoms with Gasteiger partial charge in [0, 0.05) is 12.4 Å². The number of hydrogen-bond donors (Lipinski definition) is 1. The Morgan fingerprint density at radius 2 is 2.17 bits per heavy atom. The van der Waals surface area contributed by atoms with E-state index in [4.69, 9.17) is 11.6 Å². The second-order valence-corrected chi connectivity index (χ2v) is 5.70. The van der Waals surface area contributed by atoms with Gasteiger partial charge in [-0.3, -0.25) is 9.20 Å². The van der Waals surface area contributed by atoms with Gasteiger partial charge in [0.25, 0.3) is 5.91 Å². The Labute approximate surface area is 139 Å². The van der Waals surface area contributed by atoms with Gasteiger partial charge in [-0.2, -0.15) is 0 Å². The zero-order valence-electron chi connectivity index (χ0n) is 13.0. The van der Waals surface area contributed by atoms with Gasteiger partial charge in [0.1, 0.15) is 11.3 Å². The zero-order chi connectivity index (χ0) is 16.4. The number of amides is 1. The van der Waals surface area contributed by atoms with Gasteiger partial charge < -0.3 is 5.32 Å². The second-order valence-electron chi connectivity index (χ2n) is 5.34. The molecule has 0 spiro atoms. The molecule has 0 atom stereocenters. The monoisotopic (exact) mass is 328 g/mol. The first-order chi connectivity index (χ1) is 11.1. The highest BCUT2D eigenvalue weighted by molar-refractivity contribution is 6.32. The molecular weight excluding hydrogens is 312 g/mol. The summed E-state index contributed by atoms with van der Waals surface area (Å²) in [5.74, 6) is -0.235. The van der Waals surface area contributed by atoms with Gasteiger partial charge in [-0.15, -0.1) is 0 Å². The molecule has 3 heterocycles. The molecule has 1 N–H and O–H groups in total. The van der Waals surface area contributed by atoms with Crippen LogP contribution in [-0.2, 0) is 6.42 Å². The Balaban J connectivity index is 2.07. The van der Waals surface area contributed by atoms with Gasteiger partial charge in [-0.25, -0.2) is 9.97 Å². The van der Waals surface area contributed by atoms with Crippen LogP contribution in [-0.4, -0.2) is 20.3 Å². The summed E-state index contributed by atoms with van der Waals surface area (Å²) >= 11 is 6.03. The Morgan fingerprint density at radius 3 is 2.91 bits per heavy atom. The molecule has 0 aromatic carbocycles. The van der Waals surface area contributed by atoms with Crippen LogP contribution >= 0.6 is 11.6 Å². The molecule has 1 amide bonds. The number of carbonyl (C=O) groups excluding carboxylic acids is 1. The van der Waals surface area contributed by atoms with Gasteiger partial charge in [-0.05, 0) is 37.1 Å². The summed E-state index contributed by atoms with van der Waals surface area (Å²) in [7, 11) is 0. The molecule has 0 radical (unpaired) electrons. The third-order valence-electron chi connectivity index (χ3n) is 3.63. The van der Waals surface area contributed by atoms with Gasteiger partial charge in [0.05, 0.1) is 11.4 Å². The van der Waals surface area contributed by atoms with Crippen LogP contribution in [0, 0.1) is 6.92 Å². The van der Waals surface area contributed by atoms with Crippen LogP contribution in [0.4, 0.5) is 5.69 Å². The highest BCUT2D eigenvalue weighted by Crippen LogP contribution is 2.22. The lowest BCUT2D eigenvalue weighted by molar-refractivity contribution is 0.102. The van der Waals surface area contributed by atoms with E-state index in [0.29, 0.717) is 11.4 Å². The minimum Gasteiger partial charge on any atom is -0.318 e. The van der Waals surface area contributed by atoms with E-state index in [1.165, 1.54) is 0 Å². The second kappa shape index (κ2) is 6.38. The number of anilines is 1. The highest BCUT2D eigenvalue weighted by Gasteiger charge is 2.20. The van der Waals surface area contributed by atoms with Crippen molar-refractivity contribution in [3.63, 3.8) is 0 Å². The number of pyridine rings is 2. The van der Waals surface area contributed by atoms with Crippen molar-refractivity contribution in [2.75, 3.05) is 5.32 Å². The molecule has 3 aromatic heterocycles. The fraction of sp³-hybridized carbons (Fsp3) is 0.235. The maximum atomic E-state index is 12.8.